The van der Waals surface area contributed by atoms with Crippen molar-refractivity contribution in [2.45, 2.75) is 227 Å². The maximum atomic E-state index is 13.7. The van der Waals surface area contributed by atoms with Crippen molar-refractivity contribution in [3.05, 3.63) is 218 Å². The van der Waals surface area contributed by atoms with Crippen LogP contribution in [-0.4, -0.2) is 147 Å². The molecule has 8 saturated carbocycles. The SMILES string of the molecule is CC(F)(F)C(=O)OC12CC3CC(C1)C1(OCC(F)(F)C(F)(F)CO1)C(C3)C2.CC(F)(F)C(=O)OC12CC3CC(C1)C1(OCC(F)(F)C(F)(F)CO1)C(C3)C2.CCN(CC)CC.CCOC(C)Oc1ccc(Oc2ccc([S+](c3ccccc3)c3ccccc3)cc2)cc1.CCOC(C)Oc1ccc(Oc2ccc([S+](c3ccccc3)c3ccccc3)cc2)cc1.[Cl-]. The number of alkyl halides is 12. The van der Waals surface area contributed by atoms with Crippen LogP contribution in [0.15, 0.2) is 248 Å². The molecule has 2 spiro atoms. The second-order valence-electron chi connectivity index (χ2n) is 32.9. The zero-order chi connectivity index (χ0) is 89.8. The van der Waals surface area contributed by atoms with Crippen LogP contribution >= 0.6 is 0 Å². The van der Waals surface area contributed by atoms with E-state index in [1.165, 1.54) is 49.0 Å². The summed E-state index contributed by atoms with van der Waals surface area (Å²) in [4.78, 5) is 33.5. The Kier molecular flexibility index (Phi) is 32.5. The lowest BCUT2D eigenvalue weighted by Crippen LogP contribution is -3.00. The molecule has 18 rings (SSSR count). The van der Waals surface area contributed by atoms with Crippen molar-refractivity contribution in [3.63, 3.8) is 0 Å². The van der Waals surface area contributed by atoms with Gasteiger partial charge in [0, 0.05) is 50.7 Å². The van der Waals surface area contributed by atoms with Gasteiger partial charge in [-0.1, -0.05) is 93.6 Å². The minimum Gasteiger partial charge on any atom is -1.00 e. The first-order chi connectivity index (χ1) is 59.4. The summed E-state index contributed by atoms with van der Waals surface area (Å²) in [5, 5.41) is 0. The van der Waals surface area contributed by atoms with Crippen molar-refractivity contribution in [2.75, 3.05) is 59.3 Å². The van der Waals surface area contributed by atoms with Gasteiger partial charge in [-0.2, -0.15) is 52.7 Å². The van der Waals surface area contributed by atoms with E-state index >= 15 is 0 Å². The number of carbonyl (C=O) groups is 2. The zero-order valence-corrected chi connectivity index (χ0v) is 74.1. The lowest BCUT2D eigenvalue weighted by atomic mass is 9.51. The number of esters is 2. The summed E-state index contributed by atoms with van der Waals surface area (Å²) in [6.45, 7) is 14.0. The molecule has 2 heterocycles. The standard InChI is InChI=1S/2C28H27O3S.2C17H20F6O4.C6H15N.ClH/c2*1-3-29-22(2)30-23-14-16-24(17-15-23)31-25-18-20-28(21-19-25)32(26-10-6-4-7-11-26)27-12-8-5-9-13-27;2*1-13(18,19)12(24)27-14-4-9-2-10(5-14)17(11(3-9)6-14)25-7-15(20,21)16(22,23)8-26-17;1-4-7(5-2)6-3;/h2*4-22H,3H2,1-2H3;2*9-11H,2-8H2,1H3;4-6H2,1-3H3;1H/q2*+1;;;;/p-1. The molecule has 30 heteroatoms. The minimum absolute atomic E-state index is 0. The number of benzene rings is 8. The summed E-state index contributed by atoms with van der Waals surface area (Å²) in [7, 11) is -0.328. The Morgan fingerprint density at radius 2 is 0.603 bits per heavy atom. The van der Waals surface area contributed by atoms with E-state index in [4.69, 9.17) is 56.8 Å². The number of ether oxygens (including phenoxy) is 12. The number of hydrogen-bond acceptors (Lipinski definition) is 15. The molecule has 684 valence electrons. The number of rotatable bonds is 25. The summed E-state index contributed by atoms with van der Waals surface area (Å²) in [5.41, 5.74) is -2.30. The molecule has 6 atom stereocenters. The average molecular weight is 1830 g/mol. The van der Waals surface area contributed by atoms with Gasteiger partial charge in [-0.3, -0.25) is 0 Å². The zero-order valence-electron chi connectivity index (χ0n) is 71.7. The Morgan fingerprint density at radius 3 is 0.825 bits per heavy atom. The van der Waals surface area contributed by atoms with Gasteiger partial charge in [-0.05, 0) is 269 Å². The molecule has 2 saturated heterocycles. The molecule has 10 aliphatic rings. The monoisotopic (exact) mass is 1830 g/mol. The highest BCUT2D eigenvalue weighted by Crippen LogP contribution is 2.66. The third-order valence-corrected chi connectivity index (χ3v) is 28.2. The predicted octanol–water partition coefficient (Wildman–Crippen LogP) is 20.6. The first kappa shape index (κ1) is 98.4. The summed E-state index contributed by atoms with van der Waals surface area (Å²) in [5.74, 6) is -28.9. The lowest BCUT2D eigenvalue weighted by molar-refractivity contribution is -0.355. The molecule has 0 amide bonds. The minimum atomic E-state index is -4.36. The molecular weight excluding hydrogens is 1720 g/mol. The summed E-state index contributed by atoms with van der Waals surface area (Å²) < 4.78 is 229. The Balaban J connectivity index is 0.000000159. The molecule has 0 radical (unpaired) electrons. The summed E-state index contributed by atoms with van der Waals surface area (Å²) >= 11 is 0. The molecule has 15 nitrogen and oxygen atoms in total. The fourth-order valence-electron chi connectivity index (χ4n) is 18.2. The van der Waals surface area contributed by atoms with E-state index in [1.54, 1.807) is 0 Å². The van der Waals surface area contributed by atoms with Gasteiger partial charge in [0.05, 0.1) is 21.8 Å². The molecular formula is C96H109ClF12NO14S2+. The average Bonchev–Trinajstić information content (AvgIpc) is 1.21. The van der Waals surface area contributed by atoms with Crippen molar-refractivity contribution in [1.29, 1.82) is 0 Å². The number of hydrogen-bond donors (Lipinski definition) is 0. The summed E-state index contributed by atoms with van der Waals surface area (Å²) in [6.07, 6.45) is 2.38. The van der Waals surface area contributed by atoms with Crippen LogP contribution in [0.5, 0.6) is 34.5 Å². The van der Waals surface area contributed by atoms with Crippen molar-refractivity contribution in [1.82, 2.24) is 4.90 Å². The van der Waals surface area contributed by atoms with Crippen molar-refractivity contribution in [2.24, 2.45) is 35.5 Å². The van der Waals surface area contributed by atoms with Crippen molar-refractivity contribution in [3.8, 4) is 34.5 Å². The van der Waals surface area contributed by atoms with Gasteiger partial charge in [0.15, 0.2) is 53.5 Å². The highest BCUT2D eigenvalue weighted by atomic mass is 35.5. The Morgan fingerprint density at radius 1 is 0.373 bits per heavy atom. The second-order valence-corrected chi connectivity index (χ2v) is 36.9. The largest absolute Gasteiger partial charge is 1.00 e. The molecule has 0 N–H and O–H groups in total. The topological polar surface area (TPSA) is 148 Å². The molecule has 10 fully saturated rings. The quantitative estimate of drug-likeness (QED) is 0.0231. The summed E-state index contributed by atoms with van der Waals surface area (Å²) in [6, 6.07) is 74.4. The fraction of sp³-hybridized carbons (Fsp3) is 0.479. The van der Waals surface area contributed by atoms with E-state index in [9.17, 15) is 62.3 Å². The van der Waals surface area contributed by atoms with Gasteiger partial charge in [0.1, 0.15) is 72.1 Å². The Bertz CT molecular complexity index is 4300. The third kappa shape index (κ3) is 23.7. The van der Waals surface area contributed by atoms with Gasteiger partial charge in [-0.25, -0.2) is 9.59 Å². The van der Waals surface area contributed by atoms with Crippen LogP contribution in [0.4, 0.5) is 52.7 Å². The predicted molar refractivity (Wildman–Crippen MR) is 448 cm³/mol. The van der Waals surface area contributed by atoms with Gasteiger partial charge in [0.25, 0.3) is 0 Å². The highest BCUT2D eigenvalue weighted by Gasteiger charge is 2.72. The Labute approximate surface area is 740 Å². The molecule has 126 heavy (non-hydrogen) atoms. The first-order valence-electron chi connectivity index (χ1n) is 42.4. The smallest absolute Gasteiger partial charge is 0.377 e. The van der Waals surface area contributed by atoms with E-state index in [1.807, 2.05) is 100 Å². The van der Waals surface area contributed by atoms with E-state index in [2.05, 4.69) is 171 Å². The number of nitrogens with zero attached hydrogens (tertiary/aromatic N) is 1. The van der Waals surface area contributed by atoms with Crippen LogP contribution in [0, 0.1) is 35.5 Å². The van der Waals surface area contributed by atoms with Gasteiger partial charge in [-0.15, -0.1) is 0 Å². The third-order valence-electron chi connectivity index (χ3n) is 23.8. The van der Waals surface area contributed by atoms with E-state index in [0.717, 1.165) is 34.5 Å². The molecule has 6 unspecified atom stereocenters. The van der Waals surface area contributed by atoms with Crippen molar-refractivity contribution < 1.29 is 132 Å². The van der Waals surface area contributed by atoms with Crippen LogP contribution in [0.25, 0.3) is 0 Å². The fourth-order valence-corrected chi connectivity index (χ4v) is 22.3. The van der Waals surface area contributed by atoms with E-state index in [0.29, 0.717) is 65.6 Å². The van der Waals surface area contributed by atoms with Gasteiger partial charge < -0.3 is 74.1 Å². The number of carbonyl (C=O) groups excluding carboxylic acids is 2. The first-order valence-corrected chi connectivity index (χ1v) is 44.9. The van der Waals surface area contributed by atoms with E-state index < -0.39 is 120 Å². The van der Waals surface area contributed by atoms with Gasteiger partial charge in [0.2, 0.25) is 0 Å². The maximum absolute atomic E-state index is 13.7. The molecule has 0 aromatic heterocycles. The van der Waals surface area contributed by atoms with E-state index in [-0.39, 0.29) is 84.3 Å². The van der Waals surface area contributed by atoms with Crippen LogP contribution in [0.2, 0.25) is 0 Å². The van der Waals surface area contributed by atoms with Crippen molar-refractivity contribution >= 4 is 33.7 Å². The molecule has 2 aliphatic heterocycles. The molecule has 8 aromatic rings. The lowest BCUT2D eigenvalue weighted by Gasteiger charge is -2.63. The second kappa shape index (κ2) is 41.7. The normalized spacial score (nSPS) is 24.3. The van der Waals surface area contributed by atoms with Gasteiger partial charge >= 0.3 is 47.5 Å². The van der Waals surface area contributed by atoms with Crippen LogP contribution < -0.4 is 31.4 Å². The molecule has 8 bridgehead atoms. The maximum Gasteiger partial charge on any atom is 0.377 e. The highest BCUT2D eigenvalue weighted by molar-refractivity contribution is 7.97. The van der Waals surface area contributed by atoms with Crippen LogP contribution in [-0.2, 0) is 69.3 Å². The molecule has 8 aliphatic carbocycles. The molecule has 8 aromatic carbocycles. The Hall–Kier alpha value is -8.23. The number of halogens is 13. The van der Waals surface area contributed by atoms with Crippen LogP contribution in [0.3, 0.4) is 0 Å². The van der Waals surface area contributed by atoms with Crippen LogP contribution in [0.1, 0.15) is 127 Å².